The van der Waals surface area contributed by atoms with Crippen LogP contribution in [0.4, 0.5) is 13.2 Å². The Kier molecular flexibility index (Phi) is 7.07. The van der Waals surface area contributed by atoms with Crippen molar-refractivity contribution in [2.45, 2.75) is 25.8 Å². The average molecular weight is 574 g/mol. The molecule has 0 bridgehead atoms. The average Bonchev–Trinajstić information content (AvgIpc) is 3.00. The van der Waals surface area contributed by atoms with E-state index in [-0.39, 0.29) is 0 Å². The summed E-state index contributed by atoms with van der Waals surface area (Å²) < 4.78 is 38.7. The first-order valence-corrected chi connectivity index (χ1v) is 17.4. The standard InChI is InChI=1S/C37H30F3NSi/c1-42(2,3)35-20-16-28(17-21-35)26-4-8-29(9-5-26)31-12-13-32-22-33(24-41-36(32)23-31)30-10-6-25(7-11-30)27-14-18-34(19-15-27)37(38,39)40/h4-24H,1-3H3. The summed E-state index contributed by atoms with van der Waals surface area (Å²) in [7, 11) is -1.31. The van der Waals surface area contributed by atoms with E-state index in [9.17, 15) is 13.2 Å². The summed E-state index contributed by atoms with van der Waals surface area (Å²) in [6.07, 6.45) is -2.47. The Balaban J connectivity index is 1.19. The highest BCUT2D eigenvalue weighted by Crippen LogP contribution is 2.33. The van der Waals surface area contributed by atoms with E-state index in [0.717, 1.165) is 56.4 Å². The van der Waals surface area contributed by atoms with Gasteiger partial charge in [0.2, 0.25) is 0 Å². The Morgan fingerprint density at radius 2 is 0.881 bits per heavy atom. The molecule has 0 fully saturated rings. The molecule has 5 aromatic carbocycles. The Hall–Kier alpha value is -4.48. The van der Waals surface area contributed by atoms with Crippen molar-refractivity contribution < 1.29 is 13.2 Å². The molecular formula is C37H30F3NSi. The lowest BCUT2D eigenvalue weighted by atomic mass is 9.98. The largest absolute Gasteiger partial charge is 0.416 e. The molecule has 208 valence electrons. The number of hydrogen-bond donors (Lipinski definition) is 0. The molecule has 0 saturated carbocycles. The number of benzene rings is 5. The first-order chi connectivity index (χ1) is 20.0. The molecule has 0 aliphatic rings. The topological polar surface area (TPSA) is 12.9 Å². The van der Waals surface area contributed by atoms with Gasteiger partial charge in [-0.15, -0.1) is 0 Å². The van der Waals surface area contributed by atoms with Gasteiger partial charge in [-0.1, -0.05) is 122 Å². The number of fused-ring (bicyclic) bond motifs is 1. The van der Waals surface area contributed by atoms with Crippen molar-refractivity contribution in [3.63, 3.8) is 0 Å². The van der Waals surface area contributed by atoms with E-state index in [2.05, 4.69) is 92.4 Å². The third-order valence-corrected chi connectivity index (χ3v) is 9.82. The van der Waals surface area contributed by atoms with Gasteiger partial charge in [0.05, 0.1) is 19.2 Å². The maximum absolute atomic E-state index is 12.9. The molecule has 1 nitrogen and oxygen atoms in total. The van der Waals surface area contributed by atoms with Crippen molar-refractivity contribution in [3.8, 4) is 44.5 Å². The van der Waals surface area contributed by atoms with Gasteiger partial charge >= 0.3 is 6.18 Å². The minimum atomic E-state index is -4.34. The Morgan fingerprint density at radius 3 is 1.36 bits per heavy atom. The lowest BCUT2D eigenvalue weighted by Gasteiger charge is -2.16. The molecule has 6 aromatic rings. The summed E-state index contributed by atoms with van der Waals surface area (Å²) in [4.78, 5) is 4.75. The van der Waals surface area contributed by atoms with Gasteiger partial charge in [-0.05, 0) is 63.2 Å². The van der Waals surface area contributed by atoms with Crippen LogP contribution in [0.25, 0.3) is 55.4 Å². The van der Waals surface area contributed by atoms with Crippen LogP contribution in [0.1, 0.15) is 5.56 Å². The lowest BCUT2D eigenvalue weighted by molar-refractivity contribution is -0.137. The zero-order chi connectivity index (χ0) is 29.5. The summed E-state index contributed by atoms with van der Waals surface area (Å²) in [6, 6.07) is 39.2. The van der Waals surface area contributed by atoms with Crippen LogP contribution in [0.5, 0.6) is 0 Å². The summed E-state index contributed by atoms with van der Waals surface area (Å²) in [5.74, 6) is 0. The van der Waals surface area contributed by atoms with E-state index >= 15 is 0 Å². The minimum absolute atomic E-state index is 0.645. The molecule has 42 heavy (non-hydrogen) atoms. The highest BCUT2D eigenvalue weighted by molar-refractivity contribution is 6.88. The van der Waals surface area contributed by atoms with E-state index in [1.54, 1.807) is 0 Å². The van der Waals surface area contributed by atoms with Crippen LogP contribution in [-0.4, -0.2) is 13.1 Å². The molecule has 0 amide bonds. The highest BCUT2D eigenvalue weighted by Gasteiger charge is 2.30. The second-order valence-electron chi connectivity index (χ2n) is 11.7. The van der Waals surface area contributed by atoms with Gasteiger partial charge < -0.3 is 0 Å². The van der Waals surface area contributed by atoms with Crippen molar-refractivity contribution in [1.82, 2.24) is 4.98 Å². The smallest absolute Gasteiger partial charge is 0.256 e. The zero-order valence-corrected chi connectivity index (χ0v) is 24.7. The molecule has 0 radical (unpaired) electrons. The third kappa shape index (κ3) is 5.79. The van der Waals surface area contributed by atoms with E-state index < -0.39 is 19.8 Å². The monoisotopic (exact) mass is 573 g/mol. The van der Waals surface area contributed by atoms with Gasteiger partial charge in [0.1, 0.15) is 0 Å². The molecule has 0 aliphatic carbocycles. The van der Waals surface area contributed by atoms with E-state index in [0.29, 0.717) is 0 Å². The van der Waals surface area contributed by atoms with Crippen LogP contribution in [0, 0.1) is 0 Å². The molecule has 1 aromatic heterocycles. The number of pyridine rings is 1. The maximum Gasteiger partial charge on any atom is 0.416 e. The number of alkyl halides is 3. The quantitative estimate of drug-likeness (QED) is 0.187. The first kappa shape index (κ1) is 27.7. The van der Waals surface area contributed by atoms with Gasteiger partial charge in [0.15, 0.2) is 0 Å². The number of aromatic nitrogens is 1. The fraction of sp³-hybridized carbons (Fsp3) is 0.108. The van der Waals surface area contributed by atoms with Crippen LogP contribution in [-0.2, 0) is 6.18 Å². The SMILES string of the molecule is C[Si](C)(C)c1ccc(-c2ccc(-c3ccc4cc(-c5ccc(-c6ccc(C(F)(F)F)cc6)cc5)cnc4c3)cc2)cc1. The first-order valence-electron chi connectivity index (χ1n) is 13.9. The number of nitrogens with zero attached hydrogens (tertiary/aromatic N) is 1. The summed E-state index contributed by atoms with van der Waals surface area (Å²) in [6.45, 7) is 7.09. The van der Waals surface area contributed by atoms with Gasteiger partial charge in [-0.2, -0.15) is 13.2 Å². The minimum Gasteiger partial charge on any atom is -0.256 e. The molecule has 0 aliphatic heterocycles. The van der Waals surface area contributed by atoms with Crippen molar-refractivity contribution in [2.24, 2.45) is 0 Å². The van der Waals surface area contributed by atoms with E-state index in [1.807, 2.05) is 30.5 Å². The Bertz CT molecular complexity index is 1710. The molecule has 6 rings (SSSR count). The number of halogens is 3. The predicted molar refractivity (Wildman–Crippen MR) is 171 cm³/mol. The van der Waals surface area contributed by atoms with Crippen LogP contribution in [0.2, 0.25) is 19.6 Å². The molecular weight excluding hydrogens is 543 g/mol. The van der Waals surface area contributed by atoms with Gasteiger partial charge in [0.25, 0.3) is 0 Å². The van der Waals surface area contributed by atoms with Crippen LogP contribution in [0.15, 0.2) is 128 Å². The summed E-state index contributed by atoms with van der Waals surface area (Å²) >= 11 is 0. The molecule has 0 spiro atoms. The molecule has 0 unspecified atom stereocenters. The predicted octanol–water partition coefficient (Wildman–Crippen LogP) is 10.5. The fourth-order valence-electron chi connectivity index (χ4n) is 5.18. The normalized spacial score (nSPS) is 12.0. The third-order valence-electron chi connectivity index (χ3n) is 7.75. The van der Waals surface area contributed by atoms with E-state index in [4.69, 9.17) is 4.98 Å². The summed E-state index contributed by atoms with van der Waals surface area (Å²) in [5.41, 5.74) is 8.55. The number of rotatable bonds is 5. The van der Waals surface area contributed by atoms with Crippen molar-refractivity contribution >= 4 is 24.2 Å². The number of hydrogen-bond acceptors (Lipinski definition) is 1. The van der Waals surface area contributed by atoms with Crippen LogP contribution in [0.3, 0.4) is 0 Å². The second-order valence-corrected chi connectivity index (χ2v) is 16.8. The summed E-state index contributed by atoms with van der Waals surface area (Å²) in [5, 5.41) is 2.51. The van der Waals surface area contributed by atoms with Gasteiger partial charge in [-0.3, -0.25) is 4.98 Å². The van der Waals surface area contributed by atoms with Crippen LogP contribution < -0.4 is 5.19 Å². The Labute approximate surface area is 245 Å². The highest BCUT2D eigenvalue weighted by atomic mass is 28.3. The van der Waals surface area contributed by atoms with Crippen molar-refractivity contribution in [3.05, 3.63) is 133 Å². The van der Waals surface area contributed by atoms with Crippen LogP contribution >= 0.6 is 0 Å². The van der Waals surface area contributed by atoms with Gasteiger partial charge in [-0.25, -0.2) is 0 Å². The molecule has 1 heterocycles. The Morgan fingerprint density at radius 1 is 0.476 bits per heavy atom. The molecule has 0 saturated heterocycles. The zero-order valence-electron chi connectivity index (χ0n) is 23.7. The fourth-order valence-corrected chi connectivity index (χ4v) is 6.35. The molecule has 5 heteroatoms. The maximum atomic E-state index is 12.9. The van der Waals surface area contributed by atoms with Gasteiger partial charge in [0, 0.05) is 17.1 Å². The molecule has 0 N–H and O–H groups in total. The van der Waals surface area contributed by atoms with E-state index in [1.165, 1.54) is 28.4 Å². The lowest BCUT2D eigenvalue weighted by Crippen LogP contribution is -2.37. The molecule has 0 atom stereocenters. The van der Waals surface area contributed by atoms with Crippen molar-refractivity contribution in [2.75, 3.05) is 0 Å². The second kappa shape index (κ2) is 10.7. The van der Waals surface area contributed by atoms with Crippen molar-refractivity contribution in [1.29, 1.82) is 0 Å².